The molecule has 3 nitrogen and oxygen atoms in total. The van der Waals surface area contributed by atoms with E-state index < -0.39 is 0 Å². The van der Waals surface area contributed by atoms with Crippen LogP contribution in [0.5, 0.6) is 11.5 Å². The molecule has 1 atom stereocenters. The first-order chi connectivity index (χ1) is 10.2. The molecule has 1 aliphatic rings. The lowest BCUT2D eigenvalue weighted by atomic mass is 9.92. The zero-order valence-electron chi connectivity index (χ0n) is 12.5. The Labute approximate surface area is 140 Å². The van der Waals surface area contributed by atoms with Crippen LogP contribution in [0.15, 0.2) is 12.1 Å². The number of hydrogen-bond acceptors (Lipinski definition) is 3. The molecule has 0 aromatic heterocycles. The van der Waals surface area contributed by atoms with Crippen molar-refractivity contribution in [3.8, 4) is 11.5 Å². The molecule has 0 radical (unpaired) electrons. The second kappa shape index (κ2) is 8.25. The smallest absolute Gasteiger partial charge is 0.162 e. The normalized spacial score (nSPS) is 17.5. The van der Waals surface area contributed by atoms with Crippen molar-refractivity contribution in [3.63, 3.8) is 0 Å². The molecule has 1 aromatic rings. The van der Waals surface area contributed by atoms with E-state index in [9.17, 15) is 0 Å². The number of ether oxygens (including phenoxy) is 3. The number of benzene rings is 1. The molecule has 0 amide bonds. The third kappa shape index (κ3) is 4.27. The first kappa shape index (κ1) is 16.9. The maximum Gasteiger partial charge on any atom is 0.162 e. The lowest BCUT2D eigenvalue weighted by Crippen LogP contribution is -2.19. The molecule has 0 saturated carbocycles. The highest BCUT2D eigenvalue weighted by Crippen LogP contribution is 2.44. The monoisotopic (exact) mass is 376 g/mol. The minimum absolute atomic E-state index is 0.212. The van der Waals surface area contributed by atoms with Gasteiger partial charge in [-0.1, -0.05) is 27.5 Å². The van der Waals surface area contributed by atoms with Crippen LogP contribution in [0.4, 0.5) is 0 Å². The molecule has 5 heteroatoms. The van der Waals surface area contributed by atoms with Crippen LogP contribution in [0, 0.1) is 5.92 Å². The van der Waals surface area contributed by atoms with E-state index in [4.69, 9.17) is 25.8 Å². The summed E-state index contributed by atoms with van der Waals surface area (Å²) < 4.78 is 16.7. The van der Waals surface area contributed by atoms with Crippen LogP contribution in [-0.2, 0) is 4.74 Å². The molecular formula is C16H22BrClO3. The molecule has 2 rings (SSSR count). The van der Waals surface area contributed by atoms with Crippen LogP contribution in [0.1, 0.15) is 37.1 Å². The van der Waals surface area contributed by atoms with Crippen molar-refractivity contribution >= 4 is 27.5 Å². The predicted octanol–water partition coefficient (Wildman–Crippen LogP) is 5.00. The van der Waals surface area contributed by atoms with Gasteiger partial charge in [0.25, 0.3) is 0 Å². The van der Waals surface area contributed by atoms with Gasteiger partial charge in [-0.3, -0.25) is 0 Å². The highest BCUT2D eigenvalue weighted by Gasteiger charge is 2.26. The van der Waals surface area contributed by atoms with E-state index in [1.807, 2.05) is 26.0 Å². The molecule has 1 fully saturated rings. The van der Waals surface area contributed by atoms with E-state index in [-0.39, 0.29) is 4.83 Å². The summed E-state index contributed by atoms with van der Waals surface area (Å²) in [4.78, 5) is 0.212. The van der Waals surface area contributed by atoms with Crippen LogP contribution >= 0.6 is 27.5 Å². The van der Waals surface area contributed by atoms with Gasteiger partial charge in [0.05, 0.1) is 13.2 Å². The highest BCUT2D eigenvalue weighted by atomic mass is 79.9. The molecule has 1 unspecified atom stereocenters. The lowest BCUT2D eigenvalue weighted by molar-refractivity contribution is 0.0662. The van der Waals surface area contributed by atoms with Crippen LogP contribution < -0.4 is 9.47 Å². The van der Waals surface area contributed by atoms with E-state index in [1.54, 1.807) is 0 Å². The van der Waals surface area contributed by atoms with E-state index in [1.165, 1.54) is 0 Å². The Morgan fingerprint density at radius 2 is 1.76 bits per heavy atom. The lowest BCUT2D eigenvalue weighted by Gasteiger charge is -2.28. The van der Waals surface area contributed by atoms with Crippen molar-refractivity contribution in [2.24, 2.45) is 5.92 Å². The minimum Gasteiger partial charge on any atom is -0.490 e. The Bertz CT molecular complexity index is 461. The third-order valence-corrected chi connectivity index (χ3v) is 5.21. The summed E-state index contributed by atoms with van der Waals surface area (Å²) in [6, 6.07) is 3.87. The van der Waals surface area contributed by atoms with Gasteiger partial charge in [-0.25, -0.2) is 0 Å². The molecule has 0 aliphatic carbocycles. The van der Waals surface area contributed by atoms with Gasteiger partial charge >= 0.3 is 0 Å². The molecule has 0 spiro atoms. The highest BCUT2D eigenvalue weighted by molar-refractivity contribution is 9.09. The Hall–Kier alpha value is -0.450. The quantitative estimate of drug-likeness (QED) is 0.653. The molecule has 1 aliphatic heterocycles. The van der Waals surface area contributed by atoms with E-state index in [2.05, 4.69) is 15.9 Å². The first-order valence-electron chi connectivity index (χ1n) is 7.48. The molecular weight excluding hydrogens is 356 g/mol. The number of rotatable bonds is 6. The molecule has 1 aromatic carbocycles. The average Bonchev–Trinajstić information content (AvgIpc) is 2.50. The fraction of sp³-hybridized carbons (Fsp3) is 0.625. The second-order valence-electron chi connectivity index (χ2n) is 5.04. The third-order valence-electron chi connectivity index (χ3n) is 3.64. The summed E-state index contributed by atoms with van der Waals surface area (Å²) in [6.07, 6.45) is 2.09. The molecule has 0 N–H and O–H groups in total. The van der Waals surface area contributed by atoms with Crippen molar-refractivity contribution in [1.29, 1.82) is 0 Å². The second-order valence-corrected chi connectivity index (χ2v) is 6.43. The summed E-state index contributed by atoms with van der Waals surface area (Å²) in [5.41, 5.74) is 1.07. The average molecular weight is 378 g/mol. The maximum atomic E-state index is 6.45. The molecule has 21 heavy (non-hydrogen) atoms. The predicted molar refractivity (Wildman–Crippen MR) is 89.0 cm³/mol. The number of halogens is 2. The van der Waals surface area contributed by atoms with E-state index in [0.717, 1.165) is 42.4 Å². The van der Waals surface area contributed by atoms with Crippen molar-refractivity contribution in [3.05, 3.63) is 22.7 Å². The fourth-order valence-corrected chi connectivity index (χ4v) is 3.87. The van der Waals surface area contributed by atoms with Crippen LogP contribution in [0.3, 0.4) is 0 Å². The van der Waals surface area contributed by atoms with Gasteiger partial charge in [0.2, 0.25) is 0 Å². The van der Waals surface area contributed by atoms with E-state index in [0.29, 0.717) is 24.9 Å². The van der Waals surface area contributed by atoms with Crippen molar-refractivity contribution in [1.82, 2.24) is 0 Å². The van der Waals surface area contributed by atoms with E-state index >= 15 is 0 Å². The number of alkyl halides is 1. The maximum absolute atomic E-state index is 6.45. The summed E-state index contributed by atoms with van der Waals surface area (Å²) in [5, 5.41) is 0.718. The van der Waals surface area contributed by atoms with Gasteiger partial charge in [0.1, 0.15) is 0 Å². The Kier molecular flexibility index (Phi) is 6.65. The van der Waals surface area contributed by atoms with Crippen LogP contribution in [-0.4, -0.2) is 26.4 Å². The standard InChI is InChI=1S/C16H22BrClO3/c1-3-20-14-9-12(13(18)10-15(14)21-4-2)16(17)11-5-7-19-8-6-11/h9-11,16H,3-8H2,1-2H3. The van der Waals surface area contributed by atoms with Crippen LogP contribution in [0.25, 0.3) is 0 Å². The summed E-state index contributed by atoms with van der Waals surface area (Å²) in [6.45, 7) is 6.75. The van der Waals surface area contributed by atoms with Crippen molar-refractivity contribution < 1.29 is 14.2 Å². The zero-order chi connectivity index (χ0) is 15.2. The van der Waals surface area contributed by atoms with Gasteiger partial charge in [0, 0.05) is 29.1 Å². The summed E-state index contributed by atoms with van der Waals surface area (Å²) >= 11 is 10.3. The van der Waals surface area contributed by atoms with Crippen molar-refractivity contribution in [2.75, 3.05) is 26.4 Å². The first-order valence-corrected chi connectivity index (χ1v) is 8.77. The SMILES string of the molecule is CCOc1cc(Cl)c(C(Br)C2CCOCC2)cc1OCC. The summed E-state index contributed by atoms with van der Waals surface area (Å²) in [7, 11) is 0. The van der Waals surface area contributed by atoms with Gasteiger partial charge in [-0.2, -0.15) is 0 Å². The Morgan fingerprint density at radius 1 is 1.19 bits per heavy atom. The fourth-order valence-electron chi connectivity index (χ4n) is 2.56. The molecule has 0 bridgehead atoms. The Balaban J connectivity index is 2.27. The zero-order valence-corrected chi connectivity index (χ0v) is 14.9. The minimum atomic E-state index is 0.212. The number of hydrogen-bond donors (Lipinski definition) is 0. The van der Waals surface area contributed by atoms with Gasteiger partial charge in [0.15, 0.2) is 11.5 Å². The summed E-state index contributed by atoms with van der Waals surface area (Å²) in [5.74, 6) is 2.00. The topological polar surface area (TPSA) is 27.7 Å². The Morgan fingerprint density at radius 3 is 2.33 bits per heavy atom. The van der Waals surface area contributed by atoms with Crippen LogP contribution in [0.2, 0.25) is 5.02 Å². The van der Waals surface area contributed by atoms with Crippen molar-refractivity contribution in [2.45, 2.75) is 31.5 Å². The van der Waals surface area contributed by atoms with Gasteiger partial charge < -0.3 is 14.2 Å². The molecule has 118 valence electrons. The van der Waals surface area contributed by atoms with Gasteiger partial charge in [-0.15, -0.1) is 0 Å². The molecule has 1 heterocycles. The molecule has 1 saturated heterocycles. The van der Waals surface area contributed by atoms with Gasteiger partial charge in [-0.05, 0) is 44.2 Å². The largest absolute Gasteiger partial charge is 0.490 e.